The number of ether oxygens (including phenoxy) is 1. The second-order valence-electron chi connectivity index (χ2n) is 5.88. The zero-order chi connectivity index (χ0) is 20.5. The minimum Gasteiger partial charge on any atom is -0.492 e. The number of hydrogen-bond acceptors (Lipinski definition) is 9. The lowest BCUT2D eigenvalue weighted by Crippen LogP contribution is -2.23. The third kappa shape index (κ3) is 3.87. The van der Waals surface area contributed by atoms with Crippen molar-refractivity contribution in [2.45, 2.75) is 13.3 Å². The van der Waals surface area contributed by atoms with Gasteiger partial charge >= 0.3 is 5.97 Å². The maximum atomic E-state index is 13.6. The van der Waals surface area contributed by atoms with Crippen molar-refractivity contribution in [3.05, 3.63) is 50.5 Å². The lowest BCUT2D eigenvalue weighted by atomic mass is 10.1. The fourth-order valence-electron chi connectivity index (χ4n) is 2.73. The molecule has 11 heteroatoms. The molecule has 0 unspecified atom stereocenters. The average molecular weight is 432 g/mol. The van der Waals surface area contributed by atoms with Crippen LogP contribution in [-0.4, -0.2) is 33.6 Å². The van der Waals surface area contributed by atoms with Gasteiger partial charge in [-0.2, -0.15) is 4.98 Å². The van der Waals surface area contributed by atoms with Crippen molar-refractivity contribution < 1.29 is 23.8 Å². The smallest absolute Gasteiger partial charge is 0.311 e. The number of nitrogens with zero attached hydrogens (tertiary/aromatic N) is 3. The van der Waals surface area contributed by atoms with Crippen molar-refractivity contribution >= 4 is 50.4 Å². The first kappa shape index (κ1) is 19.2. The van der Waals surface area contributed by atoms with Crippen LogP contribution in [0.25, 0.3) is 5.57 Å². The predicted octanol–water partition coefficient (Wildman–Crippen LogP) is 1.65. The van der Waals surface area contributed by atoms with Crippen LogP contribution in [0.4, 0.5) is 14.7 Å². The molecule has 0 saturated carbocycles. The van der Waals surface area contributed by atoms with Gasteiger partial charge in [0, 0.05) is 10.6 Å². The standard InChI is InChI=1S/C18H13FN4O4S2/c1-2-27-12(24)6-9-7-28-17(20-9)23-18-22-16(26)14(29-18)13-10-5-8(19)3-4-11(10)21-15(13)25/h3-5,7,26H,2,6H2,1H3,(H,20,22,23). The summed E-state index contributed by atoms with van der Waals surface area (Å²) in [4.78, 5) is 36.2. The molecule has 3 heterocycles. The maximum Gasteiger partial charge on any atom is 0.311 e. The van der Waals surface area contributed by atoms with Gasteiger partial charge in [0.05, 0.1) is 29.7 Å². The summed E-state index contributed by atoms with van der Waals surface area (Å²) in [6, 6.07) is 3.83. The lowest BCUT2D eigenvalue weighted by Gasteiger charge is -1.98. The highest BCUT2D eigenvalue weighted by molar-refractivity contribution is 7.18. The highest BCUT2D eigenvalue weighted by Gasteiger charge is 2.25. The summed E-state index contributed by atoms with van der Waals surface area (Å²) in [7, 11) is 0. The van der Waals surface area contributed by atoms with E-state index in [1.165, 1.54) is 29.5 Å². The molecule has 3 aromatic rings. The van der Waals surface area contributed by atoms with E-state index in [0.717, 1.165) is 11.3 Å². The molecule has 1 aliphatic rings. The largest absolute Gasteiger partial charge is 0.492 e. The molecule has 8 nitrogen and oxygen atoms in total. The molecule has 0 aliphatic carbocycles. The Labute approximate surface area is 171 Å². The van der Waals surface area contributed by atoms with E-state index in [9.17, 15) is 19.1 Å². The first-order valence-electron chi connectivity index (χ1n) is 8.44. The van der Waals surface area contributed by atoms with Gasteiger partial charge in [0.2, 0.25) is 5.88 Å². The SMILES string of the molecule is CCOC(=O)Cc1csc(Nc2nc(O)c(C3=c4cc(F)ccc4=NC3=O)s2)n1. The molecule has 1 aliphatic heterocycles. The zero-order valence-corrected chi connectivity index (χ0v) is 16.6. The minimum atomic E-state index is -0.568. The fourth-order valence-corrected chi connectivity index (χ4v) is 4.41. The quantitative estimate of drug-likeness (QED) is 0.570. The Balaban J connectivity index is 1.61. The van der Waals surface area contributed by atoms with Crippen molar-refractivity contribution in [3.63, 3.8) is 0 Å². The fraction of sp³-hybridized carbons (Fsp3) is 0.167. The number of carbonyl (C=O) groups excluding carboxylic acids is 2. The van der Waals surface area contributed by atoms with Crippen LogP contribution in [0, 0.1) is 5.82 Å². The van der Waals surface area contributed by atoms with E-state index in [0.29, 0.717) is 33.1 Å². The number of aromatic hydroxyl groups is 1. The molecule has 148 valence electrons. The van der Waals surface area contributed by atoms with Crippen LogP contribution < -0.4 is 15.9 Å². The molecule has 0 saturated heterocycles. The highest BCUT2D eigenvalue weighted by Crippen LogP contribution is 2.35. The number of fused-ring (bicyclic) bond motifs is 1. The predicted molar refractivity (Wildman–Crippen MR) is 104 cm³/mol. The summed E-state index contributed by atoms with van der Waals surface area (Å²) in [5.74, 6) is -1.81. The Morgan fingerprint density at radius 2 is 2.14 bits per heavy atom. The van der Waals surface area contributed by atoms with Crippen molar-refractivity contribution in [2.24, 2.45) is 4.99 Å². The summed E-state index contributed by atoms with van der Waals surface area (Å²) in [5, 5.41) is 16.3. The molecule has 1 aromatic carbocycles. The topological polar surface area (TPSA) is 114 Å². The molecule has 0 radical (unpaired) electrons. The zero-order valence-electron chi connectivity index (χ0n) is 14.9. The van der Waals surface area contributed by atoms with Crippen LogP contribution in [0.1, 0.15) is 17.5 Å². The molecule has 2 aromatic heterocycles. The number of rotatable bonds is 6. The molecule has 0 atom stereocenters. The number of thiazole rings is 2. The summed E-state index contributed by atoms with van der Waals surface area (Å²) < 4.78 is 18.5. The number of halogens is 1. The van der Waals surface area contributed by atoms with Gasteiger partial charge in [-0.05, 0) is 25.1 Å². The van der Waals surface area contributed by atoms with E-state index in [-0.39, 0.29) is 28.7 Å². The third-order valence-electron chi connectivity index (χ3n) is 3.90. The number of aromatic nitrogens is 2. The van der Waals surface area contributed by atoms with Crippen LogP contribution in [0.3, 0.4) is 0 Å². The molecular formula is C18H13FN4O4S2. The van der Waals surface area contributed by atoms with Gasteiger partial charge in [-0.3, -0.25) is 9.59 Å². The summed E-state index contributed by atoms with van der Waals surface area (Å²) in [5.41, 5.74) is 0.644. The molecule has 1 amide bonds. The van der Waals surface area contributed by atoms with E-state index in [4.69, 9.17) is 4.74 Å². The molecule has 0 bridgehead atoms. The normalized spacial score (nSPS) is 12.6. The van der Waals surface area contributed by atoms with Crippen LogP contribution in [0.2, 0.25) is 0 Å². The number of esters is 1. The number of nitrogens with one attached hydrogen (secondary N) is 1. The summed E-state index contributed by atoms with van der Waals surface area (Å²) >= 11 is 2.27. The Bertz CT molecular complexity index is 1250. The second-order valence-corrected chi connectivity index (χ2v) is 7.73. The lowest BCUT2D eigenvalue weighted by molar-refractivity contribution is -0.142. The average Bonchev–Trinajstić information content (AvgIpc) is 3.32. The van der Waals surface area contributed by atoms with Gasteiger partial charge < -0.3 is 15.2 Å². The van der Waals surface area contributed by atoms with E-state index < -0.39 is 11.7 Å². The number of carbonyl (C=O) groups is 2. The second kappa shape index (κ2) is 7.68. The van der Waals surface area contributed by atoms with Crippen LogP contribution in [-0.2, 0) is 20.7 Å². The van der Waals surface area contributed by atoms with Crippen molar-refractivity contribution in [2.75, 3.05) is 11.9 Å². The Hall–Kier alpha value is -3.18. The van der Waals surface area contributed by atoms with Crippen molar-refractivity contribution in [1.29, 1.82) is 0 Å². The maximum absolute atomic E-state index is 13.6. The molecule has 29 heavy (non-hydrogen) atoms. The molecule has 0 fully saturated rings. The molecule has 4 rings (SSSR count). The molecule has 2 N–H and O–H groups in total. The van der Waals surface area contributed by atoms with Crippen LogP contribution in [0.15, 0.2) is 28.6 Å². The van der Waals surface area contributed by atoms with E-state index in [2.05, 4.69) is 20.3 Å². The summed E-state index contributed by atoms with van der Waals surface area (Å²) in [6.45, 7) is 2.03. The minimum absolute atomic E-state index is 0.0523. The number of hydrogen-bond donors (Lipinski definition) is 2. The van der Waals surface area contributed by atoms with Gasteiger partial charge in [0.1, 0.15) is 10.7 Å². The van der Waals surface area contributed by atoms with E-state index in [1.54, 1.807) is 12.3 Å². The van der Waals surface area contributed by atoms with Gasteiger partial charge in [0.25, 0.3) is 5.91 Å². The Morgan fingerprint density at radius 3 is 2.93 bits per heavy atom. The Kier molecular flexibility index (Phi) is 5.07. The number of amides is 1. The number of benzene rings is 1. The molecule has 0 spiro atoms. The van der Waals surface area contributed by atoms with Gasteiger partial charge in [-0.15, -0.1) is 11.3 Å². The first-order chi connectivity index (χ1) is 13.9. The van der Waals surface area contributed by atoms with Gasteiger partial charge in [-0.1, -0.05) is 11.3 Å². The monoisotopic (exact) mass is 432 g/mol. The Morgan fingerprint density at radius 1 is 1.31 bits per heavy atom. The van der Waals surface area contributed by atoms with E-state index >= 15 is 0 Å². The summed E-state index contributed by atoms with van der Waals surface area (Å²) in [6.07, 6.45) is 0.0523. The first-order valence-corrected chi connectivity index (χ1v) is 10.1. The van der Waals surface area contributed by atoms with E-state index in [1.807, 2.05) is 0 Å². The van der Waals surface area contributed by atoms with Crippen LogP contribution in [0.5, 0.6) is 5.88 Å². The van der Waals surface area contributed by atoms with Crippen molar-refractivity contribution in [1.82, 2.24) is 9.97 Å². The van der Waals surface area contributed by atoms with Crippen molar-refractivity contribution in [3.8, 4) is 5.88 Å². The molecular weight excluding hydrogens is 419 g/mol. The highest BCUT2D eigenvalue weighted by atomic mass is 32.1. The third-order valence-corrected chi connectivity index (χ3v) is 5.68. The van der Waals surface area contributed by atoms with Crippen LogP contribution >= 0.6 is 22.7 Å². The van der Waals surface area contributed by atoms with Gasteiger partial charge in [-0.25, -0.2) is 14.4 Å². The van der Waals surface area contributed by atoms with Gasteiger partial charge in [0.15, 0.2) is 10.3 Å². The number of anilines is 2.